The normalized spacial score (nSPS) is 19.3. The topological polar surface area (TPSA) is 29.1 Å². The van der Waals surface area contributed by atoms with Crippen LogP contribution in [0.2, 0.25) is 0 Å². The molecular formula is C14H19NOS. The zero-order valence-corrected chi connectivity index (χ0v) is 11.3. The second-order valence-corrected chi connectivity index (χ2v) is 5.76. The summed E-state index contributed by atoms with van der Waals surface area (Å²) in [6, 6.07) is 6.19. The summed E-state index contributed by atoms with van der Waals surface area (Å²) >= 11 is 1.78. The van der Waals surface area contributed by atoms with Crippen LogP contribution in [0.3, 0.4) is 0 Å². The molecule has 0 bridgehead atoms. The zero-order chi connectivity index (χ0) is 12.3. The minimum atomic E-state index is 0.152. The number of aryl methyl sites for hydroxylation is 2. The van der Waals surface area contributed by atoms with E-state index >= 15 is 0 Å². The third kappa shape index (κ3) is 2.83. The molecule has 17 heavy (non-hydrogen) atoms. The van der Waals surface area contributed by atoms with Crippen molar-refractivity contribution in [1.82, 2.24) is 0 Å². The Labute approximate surface area is 107 Å². The fourth-order valence-corrected chi connectivity index (χ4v) is 3.35. The van der Waals surface area contributed by atoms with Gasteiger partial charge in [0.25, 0.3) is 0 Å². The van der Waals surface area contributed by atoms with Gasteiger partial charge in [0.2, 0.25) is 5.91 Å². The molecule has 0 radical (unpaired) electrons. The van der Waals surface area contributed by atoms with Crippen molar-refractivity contribution >= 4 is 23.4 Å². The van der Waals surface area contributed by atoms with Gasteiger partial charge in [0, 0.05) is 5.69 Å². The summed E-state index contributed by atoms with van der Waals surface area (Å²) < 4.78 is 0. The van der Waals surface area contributed by atoms with E-state index in [1.807, 2.05) is 6.07 Å². The second kappa shape index (κ2) is 5.58. The highest BCUT2D eigenvalue weighted by Crippen LogP contribution is 2.28. The molecule has 1 saturated heterocycles. The number of nitrogens with one attached hydrogen (secondary N) is 1. The lowest BCUT2D eigenvalue weighted by Crippen LogP contribution is -2.24. The van der Waals surface area contributed by atoms with Crippen molar-refractivity contribution in [1.29, 1.82) is 0 Å². The highest BCUT2D eigenvalue weighted by molar-refractivity contribution is 8.00. The molecular weight excluding hydrogens is 230 g/mol. The van der Waals surface area contributed by atoms with Gasteiger partial charge >= 0.3 is 0 Å². The number of para-hydroxylation sites is 1. The number of rotatable bonds is 3. The van der Waals surface area contributed by atoms with Crippen molar-refractivity contribution < 1.29 is 4.79 Å². The van der Waals surface area contributed by atoms with Crippen LogP contribution in [0.15, 0.2) is 18.2 Å². The molecule has 0 aromatic heterocycles. The second-order valence-electron chi connectivity index (χ2n) is 4.45. The van der Waals surface area contributed by atoms with Gasteiger partial charge in [0.05, 0.1) is 5.25 Å². The molecule has 0 saturated carbocycles. The van der Waals surface area contributed by atoms with Crippen LogP contribution in [0, 0.1) is 6.92 Å². The molecule has 1 aliphatic heterocycles. The third-order valence-electron chi connectivity index (χ3n) is 3.21. The minimum absolute atomic E-state index is 0.152. The SMILES string of the molecule is CCc1cccc(C)c1NC(=O)C1CCCS1. The van der Waals surface area contributed by atoms with E-state index in [1.165, 1.54) is 5.56 Å². The monoisotopic (exact) mass is 249 g/mol. The molecule has 92 valence electrons. The van der Waals surface area contributed by atoms with Gasteiger partial charge < -0.3 is 5.32 Å². The van der Waals surface area contributed by atoms with Crippen LogP contribution in [0.25, 0.3) is 0 Å². The van der Waals surface area contributed by atoms with Gasteiger partial charge in [-0.3, -0.25) is 4.79 Å². The number of thioether (sulfide) groups is 1. The highest BCUT2D eigenvalue weighted by Gasteiger charge is 2.24. The lowest BCUT2D eigenvalue weighted by Gasteiger charge is -2.15. The summed E-state index contributed by atoms with van der Waals surface area (Å²) in [6.07, 6.45) is 3.14. The van der Waals surface area contributed by atoms with E-state index in [1.54, 1.807) is 11.8 Å². The van der Waals surface area contributed by atoms with E-state index in [2.05, 4.69) is 31.3 Å². The Hall–Kier alpha value is -0.960. The van der Waals surface area contributed by atoms with Gasteiger partial charge in [0.15, 0.2) is 0 Å². The van der Waals surface area contributed by atoms with Crippen LogP contribution in [-0.2, 0) is 11.2 Å². The largest absolute Gasteiger partial charge is 0.325 e. The van der Waals surface area contributed by atoms with Crippen LogP contribution in [0.1, 0.15) is 30.9 Å². The van der Waals surface area contributed by atoms with E-state index in [0.29, 0.717) is 0 Å². The molecule has 1 fully saturated rings. The first-order valence-corrected chi connectivity index (χ1v) is 7.28. The van der Waals surface area contributed by atoms with Gasteiger partial charge in [-0.25, -0.2) is 0 Å². The maximum atomic E-state index is 12.1. The molecule has 1 unspecified atom stereocenters. The lowest BCUT2D eigenvalue weighted by atomic mass is 10.1. The Morgan fingerprint density at radius 2 is 2.35 bits per heavy atom. The number of hydrogen-bond acceptors (Lipinski definition) is 2. The van der Waals surface area contributed by atoms with Crippen LogP contribution in [0.4, 0.5) is 5.69 Å². The third-order valence-corrected chi connectivity index (χ3v) is 4.59. The fraction of sp³-hybridized carbons (Fsp3) is 0.500. The van der Waals surface area contributed by atoms with E-state index in [0.717, 1.165) is 36.3 Å². The Morgan fingerprint density at radius 1 is 1.53 bits per heavy atom. The zero-order valence-electron chi connectivity index (χ0n) is 10.5. The number of carbonyl (C=O) groups excluding carboxylic acids is 1. The Balaban J connectivity index is 2.14. The number of hydrogen-bond donors (Lipinski definition) is 1. The molecule has 2 rings (SSSR count). The molecule has 1 amide bonds. The maximum absolute atomic E-state index is 12.1. The van der Waals surface area contributed by atoms with Crippen molar-refractivity contribution in [3.63, 3.8) is 0 Å². The number of amides is 1. The molecule has 0 aliphatic carbocycles. The van der Waals surface area contributed by atoms with E-state index in [-0.39, 0.29) is 11.2 Å². The van der Waals surface area contributed by atoms with E-state index in [9.17, 15) is 4.79 Å². The Bertz CT molecular complexity index is 411. The summed E-state index contributed by atoms with van der Waals surface area (Å²) in [5.41, 5.74) is 3.40. The average Bonchev–Trinajstić information content (AvgIpc) is 2.85. The predicted octanol–water partition coefficient (Wildman–Crippen LogP) is 3.39. The van der Waals surface area contributed by atoms with Crippen LogP contribution >= 0.6 is 11.8 Å². The number of carbonyl (C=O) groups is 1. The van der Waals surface area contributed by atoms with Gasteiger partial charge in [0.1, 0.15) is 0 Å². The Kier molecular flexibility index (Phi) is 4.11. The van der Waals surface area contributed by atoms with Crippen molar-refractivity contribution in [3.05, 3.63) is 29.3 Å². The summed E-state index contributed by atoms with van der Waals surface area (Å²) in [6.45, 7) is 4.17. The molecule has 1 heterocycles. The van der Waals surface area contributed by atoms with Crippen LogP contribution < -0.4 is 5.32 Å². The van der Waals surface area contributed by atoms with Crippen molar-refractivity contribution in [3.8, 4) is 0 Å². The molecule has 0 spiro atoms. The number of benzene rings is 1. The number of anilines is 1. The van der Waals surface area contributed by atoms with Gasteiger partial charge in [-0.15, -0.1) is 11.8 Å². The quantitative estimate of drug-likeness (QED) is 0.889. The van der Waals surface area contributed by atoms with E-state index < -0.39 is 0 Å². The highest BCUT2D eigenvalue weighted by atomic mass is 32.2. The summed E-state index contributed by atoms with van der Waals surface area (Å²) in [5.74, 6) is 1.29. The summed E-state index contributed by atoms with van der Waals surface area (Å²) in [5, 5.41) is 3.26. The van der Waals surface area contributed by atoms with Crippen molar-refractivity contribution in [2.45, 2.75) is 38.4 Å². The van der Waals surface area contributed by atoms with Crippen LogP contribution in [0.5, 0.6) is 0 Å². The molecule has 1 N–H and O–H groups in total. The minimum Gasteiger partial charge on any atom is -0.325 e. The lowest BCUT2D eigenvalue weighted by molar-refractivity contribution is -0.115. The molecule has 1 atom stereocenters. The summed E-state index contributed by atoms with van der Waals surface area (Å²) in [7, 11) is 0. The standard InChI is InChI=1S/C14H19NOS/c1-3-11-7-4-6-10(2)13(11)15-14(16)12-8-5-9-17-12/h4,6-7,12H,3,5,8-9H2,1-2H3,(H,15,16). The first-order chi connectivity index (χ1) is 8.22. The first-order valence-electron chi connectivity index (χ1n) is 6.23. The van der Waals surface area contributed by atoms with Gasteiger partial charge in [-0.1, -0.05) is 25.1 Å². The molecule has 1 aromatic carbocycles. The Morgan fingerprint density at radius 3 is 3.00 bits per heavy atom. The predicted molar refractivity (Wildman–Crippen MR) is 74.7 cm³/mol. The van der Waals surface area contributed by atoms with E-state index in [4.69, 9.17) is 0 Å². The first kappa shape index (κ1) is 12.5. The molecule has 1 aliphatic rings. The van der Waals surface area contributed by atoms with Gasteiger partial charge in [-0.05, 0) is 43.1 Å². The smallest absolute Gasteiger partial charge is 0.237 e. The van der Waals surface area contributed by atoms with Crippen LogP contribution in [-0.4, -0.2) is 16.9 Å². The maximum Gasteiger partial charge on any atom is 0.237 e. The van der Waals surface area contributed by atoms with Gasteiger partial charge in [-0.2, -0.15) is 0 Å². The summed E-state index contributed by atoms with van der Waals surface area (Å²) in [4.78, 5) is 12.1. The molecule has 2 nitrogen and oxygen atoms in total. The molecule has 1 aromatic rings. The fourth-order valence-electron chi connectivity index (χ4n) is 2.19. The van der Waals surface area contributed by atoms with Crippen molar-refractivity contribution in [2.24, 2.45) is 0 Å². The average molecular weight is 249 g/mol. The molecule has 3 heteroatoms. The van der Waals surface area contributed by atoms with Crippen molar-refractivity contribution in [2.75, 3.05) is 11.1 Å².